The second-order valence-corrected chi connectivity index (χ2v) is 9.95. The largest absolute Gasteiger partial charge is 0.495 e. The van der Waals surface area contributed by atoms with E-state index in [9.17, 15) is 18.0 Å². The molecular weight excluding hydrogens is 440 g/mol. The van der Waals surface area contributed by atoms with E-state index in [0.717, 1.165) is 25.7 Å². The SMILES string of the molecule is COc1ccc(CN2C(=O)C3CCCCC3C2=O)cc1S(=O)(=O)Nc1cccc(Cl)c1. The summed E-state index contributed by atoms with van der Waals surface area (Å²) in [4.78, 5) is 26.7. The van der Waals surface area contributed by atoms with Gasteiger partial charge in [-0.2, -0.15) is 0 Å². The first kappa shape index (κ1) is 21.6. The number of sulfonamides is 1. The third-order valence-electron chi connectivity index (χ3n) is 5.87. The molecule has 2 aliphatic rings. The van der Waals surface area contributed by atoms with E-state index in [-0.39, 0.29) is 40.8 Å². The highest BCUT2D eigenvalue weighted by atomic mass is 35.5. The number of halogens is 1. The van der Waals surface area contributed by atoms with Crippen molar-refractivity contribution in [3.05, 3.63) is 53.1 Å². The van der Waals surface area contributed by atoms with Crippen molar-refractivity contribution in [1.82, 2.24) is 4.90 Å². The summed E-state index contributed by atoms with van der Waals surface area (Å²) in [7, 11) is -2.62. The average molecular weight is 463 g/mol. The van der Waals surface area contributed by atoms with E-state index in [4.69, 9.17) is 16.3 Å². The first-order chi connectivity index (χ1) is 14.8. The van der Waals surface area contributed by atoms with Gasteiger partial charge in [0.05, 0.1) is 31.2 Å². The Labute approximate surface area is 186 Å². The molecule has 2 atom stereocenters. The number of hydrogen-bond acceptors (Lipinski definition) is 5. The summed E-state index contributed by atoms with van der Waals surface area (Å²) in [6.07, 6.45) is 3.37. The molecule has 0 radical (unpaired) electrons. The minimum Gasteiger partial charge on any atom is -0.495 e. The lowest BCUT2D eigenvalue weighted by molar-refractivity contribution is -0.140. The zero-order valence-electron chi connectivity index (χ0n) is 17.0. The fourth-order valence-corrected chi connectivity index (χ4v) is 5.82. The highest BCUT2D eigenvalue weighted by molar-refractivity contribution is 7.92. The summed E-state index contributed by atoms with van der Waals surface area (Å²) >= 11 is 5.95. The topological polar surface area (TPSA) is 92.8 Å². The summed E-state index contributed by atoms with van der Waals surface area (Å²) in [6.45, 7) is 0.0361. The lowest BCUT2D eigenvalue weighted by Gasteiger charge is -2.19. The molecular formula is C22H23ClN2O5S. The maximum Gasteiger partial charge on any atom is 0.265 e. The molecule has 1 aliphatic carbocycles. The fourth-order valence-electron chi connectivity index (χ4n) is 4.36. The minimum atomic E-state index is -4.00. The molecule has 0 aromatic heterocycles. The number of amides is 2. The van der Waals surface area contributed by atoms with Gasteiger partial charge < -0.3 is 4.74 Å². The molecule has 7 nitrogen and oxygen atoms in total. The first-order valence-corrected chi connectivity index (χ1v) is 12.0. The number of anilines is 1. The van der Waals surface area contributed by atoms with E-state index in [2.05, 4.69) is 4.72 Å². The minimum absolute atomic E-state index is 0.0361. The number of ether oxygens (including phenoxy) is 1. The molecule has 9 heteroatoms. The van der Waals surface area contributed by atoms with Crippen molar-refractivity contribution >= 4 is 39.1 Å². The van der Waals surface area contributed by atoms with Crippen LogP contribution < -0.4 is 9.46 Å². The standard InChI is InChI=1S/C22H23ClN2O5S/c1-30-19-10-9-14(13-25-21(26)17-7-2-3-8-18(17)22(25)27)11-20(19)31(28,29)24-16-6-4-5-15(23)12-16/h4-6,9-12,17-18,24H,2-3,7-8,13H2,1H3. The van der Waals surface area contributed by atoms with Crippen molar-refractivity contribution in [1.29, 1.82) is 0 Å². The number of nitrogens with zero attached hydrogens (tertiary/aromatic N) is 1. The monoisotopic (exact) mass is 462 g/mol. The van der Waals surface area contributed by atoms with Gasteiger partial charge in [-0.05, 0) is 48.7 Å². The second kappa shape index (κ2) is 8.51. The number of imide groups is 1. The molecule has 2 aromatic rings. The van der Waals surface area contributed by atoms with Crippen molar-refractivity contribution in [2.45, 2.75) is 37.1 Å². The van der Waals surface area contributed by atoms with Crippen LogP contribution in [0.4, 0.5) is 5.69 Å². The Morgan fingerprint density at radius 1 is 1.06 bits per heavy atom. The van der Waals surface area contributed by atoms with E-state index < -0.39 is 10.0 Å². The lowest BCUT2D eigenvalue weighted by atomic mass is 9.81. The number of benzene rings is 2. The summed E-state index contributed by atoms with van der Waals surface area (Å²) < 4.78 is 33.8. The van der Waals surface area contributed by atoms with E-state index in [1.54, 1.807) is 24.3 Å². The van der Waals surface area contributed by atoms with Crippen molar-refractivity contribution in [2.75, 3.05) is 11.8 Å². The quantitative estimate of drug-likeness (QED) is 0.658. The first-order valence-electron chi connectivity index (χ1n) is 10.1. The van der Waals surface area contributed by atoms with Gasteiger partial charge in [0.2, 0.25) is 11.8 Å². The fraction of sp³-hybridized carbons (Fsp3) is 0.364. The molecule has 2 fully saturated rings. The third kappa shape index (κ3) is 4.27. The van der Waals surface area contributed by atoms with Gasteiger partial charge in [0.15, 0.2) is 0 Å². The molecule has 2 amide bonds. The van der Waals surface area contributed by atoms with E-state index in [1.165, 1.54) is 30.2 Å². The number of rotatable bonds is 6. The van der Waals surface area contributed by atoms with Crippen LogP contribution in [0.1, 0.15) is 31.2 Å². The van der Waals surface area contributed by atoms with E-state index >= 15 is 0 Å². The molecule has 1 heterocycles. The van der Waals surface area contributed by atoms with Gasteiger partial charge in [-0.1, -0.05) is 36.6 Å². The summed E-state index contributed by atoms with van der Waals surface area (Å²) in [5.74, 6) is -0.649. The second-order valence-electron chi connectivity index (χ2n) is 7.86. The molecule has 1 aliphatic heterocycles. The smallest absolute Gasteiger partial charge is 0.265 e. The van der Waals surface area contributed by atoms with Crippen molar-refractivity contribution < 1.29 is 22.7 Å². The van der Waals surface area contributed by atoms with Crippen molar-refractivity contribution in [3.8, 4) is 5.75 Å². The Kier molecular flexibility index (Phi) is 5.94. The predicted molar refractivity (Wildman–Crippen MR) is 116 cm³/mol. The van der Waals surface area contributed by atoms with Crippen LogP contribution in [0.5, 0.6) is 5.75 Å². The number of hydrogen-bond donors (Lipinski definition) is 1. The van der Waals surface area contributed by atoms with Crippen molar-refractivity contribution in [2.24, 2.45) is 11.8 Å². The van der Waals surface area contributed by atoms with Crippen molar-refractivity contribution in [3.63, 3.8) is 0 Å². The molecule has 4 rings (SSSR count). The van der Waals surface area contributed by atoms with Gasteiger partial charge in [0.25, 0.3) is 10.0 Å². The molecule has 0 spiro atoms. The maximum atomic E-state index is 13.0. The molecule has 2 aromatic carbocycles. The van der Waals surface area contributed by atoms with Gasteiger partial charge in [-0.15, -0.1) is 0 Å². The third-order valence-corrected chi connectivity index (χ3v) is 7.51. The zero-order chi connectivity index (χ0) is 22.2. The zero-order valence-corrected chi connectivity index (χ0v) is 18.6. The molecule has 31 heavy (non-hydrogen) atoms. The van der Waals surface area contributed by atoms with Crippen LogP contribution in [0.15, 0.2) is 47.4 Å². The summed E-state index contributed by atoms with van der Waals surface area (Å²) in [5, 5.41) is 0.397. The van der Waals surface area contributed by atoms with Gasteiger partial charge in [0, 0.05) is 5.02 Å². The highest BCUT2D eigenvalue weighted by Crippen LogP contribution is 2.39. The number of carbonyl (C=O) groups excluding carboxylic acids is 2. The Hall–Kier alpha value is -2.58. The van der Waals surface area contributed by atoms with Gasteiger partial charge in [-0.3, -0.25) is 19.2 Å². The normalized spacial score (nSPS) is 21.2. The van der Waals surface area contributed by atoms with Crippen LogP contribution in [0.2, 0.25) is 5.02 Å². The Morgan fingerprint density at radius 3 is 2.35 bits per heavy atom. The number of methoxy groups -OCH3 is 1. The van der Waals surface area contributed by atoms with Gasteiger partial charge >= 0.3 is 0 Å². The number of nitrogens with one attached hydrogen (secondary N) is 1. The van der Waals surface area contributed by atoms with E-state index in [1.807, 2.05) is 0 Å². The van der Waals surface area contributed by atoms with E-state index in [0.29, 0.717) is 16.3 Å². The molecule has 1 N–H and O–H groups in total. The van der Waals surface area contributed by atoms with Gasteiger partial charge in [0.1, 0.15) is 10.6 Å². The summed E-state index contributed by atoms with van der Waals surface area (Å²) in [5.41, 5.74) is 0.849. The molecule has 1 saturated heterocycles. The predicted octanol–water partition coefficient (Wildman–Crippen LogP) is 3.82. The van der Waals surface area contributed by atoms with Gasteiger partial charge in [-0.25, -0.2) is 8.42 Å². The molecule has 164 valence electrons. The number of fused-ring (bicyclic) bond motifs is 1. The molecule has 2 unspecified atom stereocenters. The van der Waals surface area contributed by atoms with Crippen LogP contribution >= 0.6 is 11.6 Å². The van der Waals surface area contributed by atoms with Crippen LogP contribution in [0.3, 0.4) is 0 Å². The average Bonchev–Trinajstić information content (AvgIpc) is 2.98. The number of likely N-dealkylation sites (tertiary alicyclic amines) is 1. The highest BCUT2D eigenvalue weighted by Gasteiger charge is 2.47. The maximum absolute atomic E-state index is 13.0. The van der Waals surface area contributed by atoms with Crippen LogP contribution in [-0.4, -0.2) is 32.2 Å². The number of carbonyl (C=O) groups is 2. The Bertz CT molecular complexity index is 1110. The molecule has 0 bridgehead atoms. The Morgan fingerprint density at radius 2 is 1.74 bits per heavy atom. The summed E-state index contributed by atoms with van der Waals surface area (Å²) in [6, 6.07) is 11.0. The Balaban J connectivity index is 1.62. The van der Waals surface area contributed by atoms with Crippen LogP contribution in [0, 0.1) is 11.8 Å². The molecule has 1 saturated carbocycles. The van der Waals surface area contributed by atoms with Crippen LogP contribution in [-0.2, 0) is 26.2 Å². The lowest BCUT2D eigenvalue weighted by Crippen LogP contribution is -2.30. The van der Waals surface area contributed by atoms with Crippen LogP contribution in [0.25, 0.3) is 0 Å².